The topological polar surface area (TPSA) is 104 Å². The number of rotatable bonds is 11. The predicted octanol–water partition coefficient (Wildman–Crippen LogP) is 4.63. The number of hydrogen-bond donors (Lipinski definition) is 1. The Morgan fingerprint density at radius 3 is 1.86 bits per heavy atom. The second-order valence-electron chi connectivity index (χ2n) is 10.6. The molecule has 5 atom stereocenters. The number of aliphatic hydroxyl groups is 1. The lowest BCUT2D eigenvalue weighted by Gasteiger charge is -2.46. The molecule has 0 aliphatic carbocycles. The molecule has 6 rings (SSSR count). The summed E-state index contributed by atoms with van der Waals surface area (Å²) < 4.78 is 30.3. The van der Waals surface area contributed by atoms with E-state index in [-0.39, 0.29) is 24.3 Å². The molecule has 1 saturated heterocycles. The summed E-state index contributed by atoms with van der Waals surface area (Å²) in [6.45, 7) is 0.433. The number of aliphatic hydroxyl groups excluding tert-OH is 1. The zero-order chi connectivity index (χ0) is 30.5. The van der Waals surface area contributed by atoms with Crippen molar-refractivity contribution in [3.63, 3.8) is 0 Å². The molecule has 9 nitrogen and oxygen atoms in total. The fourth-order valence-electron chi connectivity index (χ4n) is 5.50. The van der Waals surface area contributed by atoms with Crippen LogP contribution in [0.5, 0.6) is 11.5 Å². The van der Waals surface area contributed by atoms with E-state index < -0.39 is 42.5 Å². The number of benzene rings is 4. The highest BCUT2D eigenvalue weighted by Gasteiger charge is 2.55. The molecule has 1 fully saturated rings. The van der Waals surface area contributed by atoms with Crippen molar-refractivity contribution >= 4 is 11.8 Å². The Morgan fingerprint density at radius 1 is 0.727 bits per heavy atom. The van der Waals surface area contributed by atoms with Crippen LogP contribution in [-0.4, -0.2) is 66.2 Å². The fourth-order valence-corrected chi connectivity index (χ4v) is 5.50. The summed E-state index contributed by atoms with van der Waals surface area (Å²) >= 11 is 0. The Hall–Kier alpha value is -4.54. The fraction of sp³-hybridized carbons (Fsp3) is 0.257. The van der Waals surface area contributed by atoms with Crippen molar-refractivity contribution in [3.05, 3.63) is 131 Å². The number of fused-ring (bicyclic) bond motifs is 1. The van der Waals surface area contributed by atoms with Crippen molar-refractivity contribution < 1.29 is 38.4 Å². The second-order valence-corrected chi connectivity index (χ2v) is 10.6. The molecule has 4 aromatic carbocycles. The van der Waals surface area contributed by atoms with Crippen LogP contribution < -0.4 is 9.47 Å². The third kappa shape index (κ3) is 6.22. The Kier molecular flexibility index (Phi) is 8.99. The summed E-state index contributed by atoms with van der Waals surface area (Å²) in [6.07, 6.45) is -4.42. The number of hydrogen-bond acceptors (Lipinski definition) is 8. The first kappa shape index (κ1) is 29.5. The van der Waals surface area contributed by atoms with E-state index in [1.807, 2.05) is 60.7 Å². The zero-order valence-corrected chi connectivity index (χ0v) is 24.2. The van der Waals surface area contributed by atoms with Gasteiger partial charge in [-0.15, -0.1) is 0 Å². The minimum atomic E-state index is -1.26. The van der Waals surface area contributed by atoms with E-state index in [2.05, 4.69) is 0 Å². The SMILES string of the molecule is COc1ccc(O[C@H]2O[C@H](COCc3ccccc3)[C@@H](O)[C@H](OCc3ccccc3)[C@@H]2N2C(=O)c3ccccc3C2=O)cc1. The summed E-state index contributed by atoms with van der Waals surface area (Å²) in [4.78, 5) is 28.6. The number of imide groups is 1. The summed E-state index contributed by atoms with van der Waals surface area (Å²) in [5, 5.41) is 11.7. The lowest BCUT2D eigenvalue weighted by atomic mass is 9.95. The predicted molar refractivity (Wildman–Crippen MR) is 160 cm³/mol. The van der Waals surface area contributed by atoms with Crippen molar-refractivity contribution in [1.29, 1.82) is 0 Å². The molecule has 2 aliphatic heterocycles. The van der Waals surface area contributed by atoms with E-state index in [4.69, 9.17) is 23.7 Å². The van der Waals surface area contributed by atoms with Crippen LogP contribution in [0.2, 0.25) is 0 Å². The maximum Gasteiger partial charge on any atom is 0.262 e. The molecule has 4 aromatic rings. The Labute approximate surface area is 255 Å². The van der Waals surface area contributed by atoms with Gasteiger partial charge in [0.25, 0.3) is 11.8 Å². The summed E-state index contributed by atoms with van der Waals surface area (Å²) in [5.41, 5.74) is 2.36. The van der Waals surface area contributed by atoms with E-state index in [1.54, 1.807) is 55.6 Å². The van der Waals surface area contributed by atoms with Crippen LogP contribution in [0.15, 0.2) is 109 Å². The molecule has 2 aliphatic rings. The van der Waals surface area contributed by atoms with E-state index in [0.29, 0.717) is 18.1 Å². The molecule has 0 aromatic heterocycles. The van der Waals surface area contributed by atoms with Crippen molar-refractivity contribution in [3.8, 4) is 11.5 Å². The number of carbonyl (C=O) groups is 2. The molecule has 0 unspecified atom stereocenters. The van der Waals surface area contributed by atoms with Crippen LogP contribution in [0.3, 0.4) is 0 Å². The van der Waals surface area contributed by atoms with Gasteiger partial charge in [0, 0.05) is 0 Å². The van der Waals surface area contributed by atoms with Gasteiger partial charge in [-0.25, -0.2) is 0 Å². The summed E-state index contributed by atoms with van der Waals surface area (Å²) in [6, 6.07) is 31.5. The molecule has 0 bridgehead atoms. The Morgan fingerprint density at radius 2 is 1.27 bits per heavy atom. The molecule has 44 heavy (non-hydrogen) atoms. The Balaban J connectivity index is 1.33. The highest BCUT2D eigenvalue weighted by molar-refractivity contribution is 6.21. The quantitative estimate of drug-likeness (QED) is 0.251. The second kappa shape index (κ2) is 13.4. The highest BCUT2D eigenvalue weighted by Crippen LogP contribution is 2.35. The van der Waals surface area contributed by atoms with E-state index in [9.17, 15) is 14.7 Å². The van der Waals surface area contributed by atoms with Gasteiger partial charge in [0.15, 0.2) is 0 Å². The van der Waals surface area contributed by atoms with Crippen LogP contribution in [0, 0.1) is 0 Å². The maximum absolute atomic E-state index is 13.7. The molecule has 2 amide bonds. The van der Waals surface area contributed by atoms with E-state index in [1.165, 1.54) is 0 Å². The minimum Gasteiger partial charge on any atom is -0.497 e. The Bertz CT molecular complexity index is 1530. The van der Waals surface area contributed by atoms with Crippen LogP contribution >= 0.6 is 0 Å². The lowest BCUT2D eigenvalue weighted by molar-refractivity contribution is -0.267. The molecule has 0 saturated carbocycles. The highest BCUT2D eigenvalue weighted by atomic mass is 16.7. The zero-order valence-electron chi connectivity index (χ0n) is 24.2. The van der Waals surface area contributed by atoms with Crippen molar-refractivity contribution in [2.75, 3.05) is 13.7 Å². The van der Waals surface area contributed by atoms with Gasteiger partial charge in [0.2, 0.25) is 6.29 Å². The van der Waals surface area contributed by atoms with Crippen LogP contribution in [0.1, 0.15) is 31.8 Å². The minimum absolute atomic E-state index is 0.0125. The maximum atomic E-state index is 13.7. The van der Waals surface area contributed by atoms with Crippen molar-refractivity contribution in [1.82, 2.24) is 4.90 Å². The van der Waals surface area contributed by atoms with Gasteiger partial charge in [-0.3, -0.25) is 14.5 Å². The van der Waals surface area contributed by atoms with E-state index in [0.717, 1.165) is 16.0 Å². The van der Waals surface area contributed by atoms with Crippen molar-refractivity contribution in [2.24, 2.45) is 0 Å². The molecule has 0 radical (unpaired) electrons. The largest absolute Gasteiger partial charge is 0.497 e. The van der Waals surface area contributed by atoms with Crippen LogP contribution in [-0.2, 0) is 27.4 Å². The van der Waals surface area contributed by atoms with Gasteiger partial charge in [0.05, 0.1) is 38.1 Å². The molecular weight excluding hydrogens is 562 g/mol. The molecular formula is C35H33NO8. The molecule has 0 spiro atoms. The third-order valence-electron chi connectivity index (χ3n) is 7.76. The van der Waals surface area contributed by atoms with E-state index >= 15 is 0 Å². The number of nitrogens with zero attached hydrogens (tertiary/aromatic N) is 1. The molecule has 2 heterocycles. The van der Waals surface area contributed by atoms with Gasteiger partial charge in [-0.2, -0.15) is 0 Å². The van der Waals surface area contributed by atoms with Gasteiger partial charge in [0.1, 0.15) is 35.9 Å². The number of carbonyl (C=O) groups excluding carboxylic acids is 2. The first-order chi connectivity index (χ1) is 21.5. The van der Waals surface area contributed by atoms with Gasteiger partial charge in [-0.05, 0) is 47.5 Å². The molecule has 226 valence electrons. The first-order valence-corrected chi connectivity index (χ1v) is 14.4. The smallest absolute Gasteiger partial charge is 0.262 e. The standard InChI is InChI=1S/C35H33NO8/c1-40-25-16-18-26(19-17-25)43-35-30(36-33(38)27-14-8-9-15-28(27)34(36)39)32(42-21-24-12-6-3-7-13-24)31(37)29(44-35)22-41-20-23-10-4-2-5-11-23/h2-19,29-32,35,37H,20-22H2,1H3/t29-,30+,31-,32-,35+/m1/s1. The summed E-state index contributed by atoms with van der Waals surface area (Å²) in [7, 11) is 1.56. The normalized spacial score (nSPS) is 23.0. The molecule has 9 heteroatoms. The first-order valence-electron chi connectivity index (χ1n) is 14.4. The summed E-state index contributed by atoms with van der Waals surface area (Å²) in [5.74, 6) is 0.0219. The van der Waals surface area contributed by atoms with Gasteiger partial charge < -0.3 is 28.8 Å². The average molecular weight is 596 g/mol. The van der Waals surface area contributed by atoms with Crippen LogP contribution in [0.25, 0.3) is 0 Å². The number of ether oxygens (including phenoxy) is 5. The lowest BCUT2D eigenvalue weighted by Crippen LogP contribution is -2.67. The average Bonchev–Trinajstić information content (AvgIpc) is 3.32. The number of methoxy groups -OCH3 is 1. The monoisotopic (exact) mass is 595 g/mol. The van der Waals surface area contributed by atoms with Gasteiger partial charge in [-0.1, -0.05) is 72.8 Å². The van der Waals surface area contributed by atoms with Crippen LogP contribution in [0.4, 0.5) is 0 Å². The van der Waals surface area contributed by atoms with Crippen molar-refractivity contribution in [2.45, 2.75) is 43.9 Å². The third-order valence-corrected chi connectivity index (χ3v) is 7.76. The molecule has 1 N–H and O–H groups in total. The number of amides is 2. The van der Waals surface area contributed by atoms with Gasteiger partial charge >= 0.3 is 0 Å².